The van der Waals surface area contributed by atoms with Gasteiger partial charge < -0.3 is 4.42 Å². The summed E-state index contributed by atoms with van der Waals surface area (Å²) in [6.45, 7) is 6.09. The molecule has 30 heavy (non-hydrogen) atoms. The number of nitrogens with zero attached hydrogens (tertiary/aromatic N) is 5. The average molecular weight is 420 g/mol. The van der Waals surface area contributed by atoms with Crippen LogP contribution in [0.1, 0.15) is 42.7 Å². The minimum absolute atomic E-state index is 0.543. The molecule has 0 radical (unpaired) electrons. The van der Waals surface area contributed by atoms with Crippen LogP contribution in [0.4, 0.5) is 0 Å². The van der Waals surface area contributed by atoms with E-state index in [2.05, 4.69) is 87.3 Å². The Balaban J connectivity index is 1.68. The zero-order valence-corrected chi connectivity index (χ0v) is 18.3. The van der Waals surface area contributed by atoms with Gasteiger partial charge in [-0.2, -0.15) is 0 Å². The van der Waals surface area contributed by atoms with Gasteiger partial charge in [0.1, 0.15) is 0 Å². The topological polar surface area (TPSA) is 69.6 Å². The fraction of sp³-hybridized carbons (Fsp3) is 0.304. The lowest BCUT2D eigenvalue weighted by Gasteiger charge is -2.11. The summed E-state index contributed by atoms with van der Waals surface area (Å²) in [5.74, 6) is 2.51. The van der Waals surface area contributed by atoms with E-state index in [9.17, 15) is 0 Å². The molecule has 6 nitrogen and oxygen atoms in total. The maximum atomic E-state index is 5.51. The van der Waals surface area contributed by atoms with E-state index in [1.165, 1.54) is 35.7 Å². The highest BCUT2D eigenvalue weighted by molar-refractivity contribution is 7.98. The zero-order chi connectivity index (χ0) is 20.9. The SMILES string of the molecule is CCCCc1ccc(-n2c(SCc3nnc(C)o3)nnc2-c2ccc(C)cc2)cc1. The predicted molar refractivity (Wildman–Crippen MR) is 119 cm³/mol. The first-order chi connectivity index (χ1) is 14.6. The van der Waals surface area contributed by atoms with E-state index in [0.29, 0.717) is 17.5 Å². The molecule has 4 rings (SSSR count). The standard InChI is InChI=1S/C23H25N5OS/c1-4-5-6-18-9-13-20(14-10-18)28-22(19-11-7-16(2)8-12-19)26-27-23(28)30-15-21-25-24-17(3)29-21/h7-14H,4-6,15H2,1-3H3. The highest BCUT2D eigenvalue weighted by atomic mass is 32.2. The summed E-state index contributed by atoms with van der Waals surface area (Å²) < 4.78 is 7.61. The molecule has 4 aromatic rings. The summed E-state index contributed by atoms with van der Waals surface area (Å²) in [4.78, 5) is 0. The third-order valence-corrected chi connectivity index (χ3v) is 5.76. The number of hydrogen-bond donors (Lipinski definition) is 0. The lowest BCUT2D eigenvalue weighted by molar-refractivity contribution is 0.485. The summed E-state index contributed by atoms with van der Waals surface area (Å²) >= 11 is 1.54. The van der Waals surface area contributed by atoms with Crippen molar-refractivity contribution in [3.05, 3.63) is 71.4 Å². The molecule has 0 atom stereocenters. The second kappa shape index (κ2) is 9.26. The van der Waals surface area contributed by atoms with Crippen molar-refractivity contribution in [3.63, 3.8) is 0 Å². The van der Waals surface area contributed by atoms with Crippen molar-refractivity contribution < 1.29 is 4.42 Å². The van der Waals surface area contributed by atoms with Crippen molar-refractivity contribution in [1.29, 1.82) is 0 Å². The van der Waals surface area contributed by atoms with Gasteiger partial charge in [-0.25, -0.2) is 0 Å². The normalized spacial score (nSPS) is 11.2. The van der Waals surface area contributed by atoms with Gasteiger partial charge in [0.15, 0.2) is 11.0 Å². The van der Waals surface area contributed by atoms with Gasteiger partial charge in [0.05, 0.1) is 5.75 Å². The van der Waals surface area contributed by atoms with Crippen LogP contribution in [0.5, 0.6) is 0 Å². The molecule has 2 heterocycles. The Morgan fingerprint density at radius 3 is 2.33 bits per heavy atom. The number of thioether (sulfide) groups is 1. The molecular formula is C23H25N5OS. The Morgan fingerprint density at radius 1 is 0.900 bits per heavy atom. The number of unbranched alkanes of at least 4 members (excludes halogenated alkanes) is 1. The van der Waals surface area contributed by atoms with Gasteiger partial charge in [-0.05, 0) is 37.5 Å². The summed E-state index contributed by atoms with van der Waals surface area (Å²) in [6.07, 6.45) is 3.49. The van der Waals surface area contributed by atoms with E-state index in [0.717, 1.165) is 28.7 Å². The molecule has 0 aliphatic carbocycles. The van der Waals surface area contributed by atoms with Crippen LogP contribution in [0.25, 0.3) is 17.1 Å². The van der Waals surface area contributed by atoms with Gasteiger partial charge in [-0.3, -0.25) is 4.57 Å². The van der Waals surface area contributed by atoms with Crippen molar-refractivity contribution in [1.82, 2.24) is 25.0 Å². The van der Waals surface area contributed by atoms with Crippen LogP contribution in [-0.4, -0.2) is 25.0 Å². The molecule has 0 bridgehead atoms. The second-order valence-corrected chi connectivity index (χ2v) is 8.22. The van der Waals surface area contributed by atoms with Gasteiger partial charge in [0.2, 0.25) is 11.8 Å². The molecule has 0 fully saturated rings. The summed E-state index contributed by atoms with van der Waals surface area (Å²) in [7, 11) is 0. The summed E-state index contributed by atoms with van der Waals surface area (Å²) in [6, 6.07) is 17.0. The lowest BCUT2D eigenvalue weighted by atomic mass is 10.1. The van der Waals surface area contributed by atoms with Crippen LogP contribution in [0.2, 0.25) is 0 Å². The fourth-order valence-electron chi connectivity index (χ4n) is 3.20. The van der Waals surface area contributed by atoms with Crippen LogP contribution in [0, 0.1) is 13.8 Å². The molecule has 2 aromatic carbocycles. The number of hydrogen-bond acceptors (Lipinski definition) is 6. The first kappa shape index (κ1) is 20.3. The van der Waals surface area contributed by atoms with Crippen molar-refractivity contribution >= 4 is 11.8 Å². The van der Waals surface area contributed by atoms with Gasteiger partial charge in [-0.15, -0.1) is 20.4 Å². The number of aromatic nitrogens is 5. The Kier molecular flexibility index (Phi) is 6.28. The van der Waals surface area contributed by atoms with E-state index < -0.39 is 0 Å². The first-order valence-corrected chi connectivity index (χ1v) is 11.2. The Hall–Kier alpha value is -2.93. The van der Waals surface area contributed by atoms with Crippen molar-refractivity contribution in [2.75, 3.05) is 0 Å². The molecule has 0 saturated carbocycles. The fourth-order valence-corrected chi connectivity index (χ4v) is 3.99. The van der Waals surface area contributed by atoms with E-state index in [-0.39, 0.29) is 0 Å². The third kappa shape index (κ3) is 4.62. The van der Waals surface area contributed by atoms with Crippen LogP contribution in [0.15, 0.2) is 58.1 Å². The summed E-state index contributed by atoms with van der Waals surface area (Å²) in [5, 5.41) is 17.8. The molecular weight excluding hydrogens is 394 g/mol. The summed E-state index contributed by atoms with van der Waals surface area (Å²) in [5.41, 5.74) is 4.64. The van der Waals surface area contributed by atoms with Crippen LogP contribution >= 0.6 is 11.8 Å². The molecule has 0 aliphatic heterocycles. The van der Waals surface area contributed by atoms with Gasteiger partial charge in [0.25, 0.3) is 0 Å². The molecule has 0 unspecified atom stereocenters. The lowest BCUT2D eigenvalue weighted by Crippen LogP contribution is -2.00. The van der Waals surface area contributed by atoms with Crippen molar-refractivity contribution in [2.24, 2.45) is 0 Å². The first-order valence-electron chi connectivity index (χ1n) is 10.2. The van der Waals surface area contributed by atoms with Gasteiger partial charge >= 0.3 is 0 Å². The maximum absolute atomic E-state index is 5.51. The minimum Gasteiger partial charge on any atom is -0.425 e. The number of benzene rings is 2. The van der Waals surface area contributed by atoms with E-state index in [1.807, 2.05) is 0 Å². The second-order valence-electron chi connectivity index (χ2n) is 7.28. The smallest absolute Gasteiger partial charge is 0.226 e. The zero-order valence-electron chi connectivity index (χ0n) is 17.5. The van der Waals surface area contributed by atoms with Crippen LogP contribution in [0.3, 0.4) is 0 Å². The van der Waals surface area contributed by atoms with E-state index in [4.69, 9.17) is 4.42 Å². The number of aryl methyl sites for hydroxylation is 3. The minimum atomic E-state index is 0.543. The predicted octanol–water partition coefficient (Wildman–Crippen LogP) is 5.57. The molecule has 0 amide bonds. The maximum Gasteiger partial charge on any atom is 0.226 e. The molecule has 0 spiro atoms. The third-order valence-electron chi connectivity index (χ3n) is 4.85. The molecule has 154 valence electrons. The highest BCUT2D eigenvalue weighted by Gasteiger charge is 2.17. The largest absolute Gasteiger partial charge is 0.425 e. The molecule has 0 saturated heterocycles. The molecule has 7 heteroatoms. The Morgan fingerprint density at radius 2 is 1.67 bits per heavy atom. The van der Waals surface area contributed by atoms with Crippen LogP contribution < -0.4 is 0 Å². The molecule has 2 aromatic heterocycles. The Bertz CT molecular complexity index is 1100. The monoisotopic (exact) mass is 419 g/mol. The molecule has 0 N–H and O–H groups in total. The van der Waals surface area contributed by atoms with Gasteiger partial charge in [-0.1, -0.05) is 67.1 Å². The Labute approximate surface area is 180 Å². The van der Waals surface area contributed by atoms with Crippen LogP contribution in [-0.2, 0) is 12.2 Å². The van der Waals surface area contributed by atoms with E-state index >= 15 is 0 Å². The quantitative estimate of drug-likeness (QED) is 0.348. The highest BCUT2D eigenvalue weighted by Crippen LogP contribution is 2.30. The van der Waals surface area contributed by atoms with Gasteiger partial charge in [0, 0.05) is 18.2 Å². The molecule has 0 aliphatic rings. The average Bonchev–Trinajstić information content (AvgIpc) is 3.37. The van der Waals surface area contributed by atoms with Crippen molar-refractivity contribution in [3.8, 4) is 17.1 Å². The van der Waals surface area contributed by atoms with E-state index in [1.54, 1.807) is 6.92 Å². The van der Waals surface area contributed by atoms with Crippen molar-refractivity contribution in [2.45, 2.75) is 50.9 Å². The number of rotatable bonds is 8.